The molecule has 1 atom stereocenters. The molecule has 0 saturated heterocycles. The lowest BCUT2D eigenvalue weighted by atomic mass is 10.1. The van der Waals surface area contributed by atoms with Crippen molar-refractivity contribution in [2.45, 2.75) is 31.8 Å². The fraction of sp³-hybridized carbons (Fsp3) is 0.500. The van der Waals surface area contributed by atoms with Crippen LogP contribution in [0.3, 0.4) is 0 Å². The lowest BCUT2D eigenvalue weighted by Gasteiger charge is -2.25. The van der Waals surface area contributed by atoms with Crippen LogP contribution in [-0.4, -0.2) is 35.6 Å². The molecule has 0 spiro atoms. The molecule has 0 aliphatic heterocycles. The summed E-state index contributed by atoms with van der Waals surface area (Å²) in [6.07, 6.45) is 2.57. The normalized spacial score (nSPS) is 16.4. The second-order valence-electron chi connectivity index (χ2n) is 5.18. The molecule has 1 aromatic carbocycles. The number of benzene rings is 1. The van der Waals surface area contributed by atoms with E-state index in [-0.39, 0.29) is 10.8 Å². The predicted octanol–water partition coefficient (Wildman–Crippen LogP) is 2.35. The zero-order valence-corrected chi connectivity index (χ0v) is 12.1. The van der Waals surface area contributed by atoms with Crippen LogP contribution in [-0.2, 0) is 0 Å². The van der Waals surface area contributed by atoms with Gasteiger partial charge in [-0.3, -0.25) is 4.90 Å². The van der Waals surface area contributed by atoms with Gasteiger partial charge in [-0.25, -0.2) is 4.39 Å². The van der Waals surface area contributed by atoms with E-state index in [2.05, 4.69) is 24.2 Å². The lowest BCUT2D eigenvalue weighted by Crippen LogP contribution is -2.36. The molecule has 0 amide bonds. The van der Waals surface area contributed by atoms with Crippen molar-refractivity contribution < 1.29 is 4.39 Å². The van der Waals surface area contributed by atoms with Crippen molar-refractivity contribution in [3.05, 3.63) is 29.6 Å². The van der Waals surface area contributed by atoms with Gasteiger partial charge in [0.25, 0.3) is 0 Å². The number of nitrogens with two attached hydrogens (primary N) is 1. The van der Waals surface area contributed by atoms with E-state index in [9.17, 15) is 4.39 Å². The Morgan fingerprint density at radius 2 is 2.26 bits per heavy atom. The van der Waals surface area contributed by atoms with E-state index >= 15 is 0 Å². The molecule has 1 aromatic rings. The molecule has 0 bridgehead atoms. The smallest absolute Gasteiger partial charge is 0.124 e. The highest BCUT2D eigenvalue weighted by Crippen LogP contribution is 2.27. The molecule has 1 aliphatic carbocycles. The minimum absolute atomic E-state index is 0.213. The first-order chi connectivity index (χ1) is 8.99. The lowest BCUT2D eigenvalue weighted by molar-refractivity contribution is 0.257. The molecule has 2 rings (SSSR count). The number of likely N-dealkylation sites (N-methyl/N-ethyl adjacent to an activating group) is 1. The maximum Gasteiger partial charge on any atom is 0.124 e. The van der Waals surface area contributed by atoms with E-state index in [0.29, 0.717) is 11.6 Å². The van der Waals surface area contributed by atoms with Crippen molar-refractivity contribution in [1.82, 2.24) is 4.90 Å². The molecular weight excluding hydrogens is 261 g/mol. The zero-order chi connectivity index (χ0) is 14.0. The van der Waals surface area contributed by atoms with Crippen LogP contribution in [0.15, 0.2) is 18.2 Å². The molecule has 3 N–H and O–H groups in total. The van der Waals surface area contributed by atoms with Crippen LogP contribution < -0.4 is 11.1 Å². The molecule has 0 aromatic heterocycles. The van der Waals surface area contributed by atoms with Gasteiger partial charge in [-0.05, 0) is 45.0 Å². The van der Waals surface area contributed by atoms with Gasteiger partial charge in [-0.15, -0.1) is 0 Å². The van der Waals surface area contributed by atoms with Crippen molar-refractivity contribution in [2.75, 3.05) is 18.9 Å². The van der Waals surface area contributed by atoms with Gasteiger partial charge in [0.1, 0.15) is 10.8 Å². The number of thiocarbonyl (C=S) groups is 1. The summed E-state index contributed by atoms with van der Waals surface area (Å²) in [7, 11) is 2.14. The Hall–Kier alpha value is -1.20. The predicted molar refractivity (Wildman–Crippen MR) is 81.0 cm³/mol. The Labute approximate surface area is 119 Å². The summed E-state index contributed by atoms with van der Waals surface area (Å²) < 4.78 is 13.2. The largest absolute Gasteiger partial charge is 0.389 e. The average molecular weight is 281 g/mol. The van der Waals surface area contributed by atoms with Crippen molar-refractivity contribution in [2.24, 2.45) is 5.73 Å². The number of hydrogen-bond acceptors (Lipinski definition) is 3. The van der Waals surface area contributed by atoms with Crippen molar-refractivity contribution >= 4 is 22.9 Å². The zero-order valence-electron chi connectivity index (χ0n) is 11.3. The molecule has 19 heavy (non-hydrogen) atoms. The molecule has 1 unspecified atom stereocenters. The van der Waals surface area contributed by atoms with Gasteiger partial charge >= 0.3 is 0 Å². The quantitative estimate of drug-likeness (QED) is 0.786. The Kier molecular flexibility index (Phi) is 4.37. The Morgan fingerprint density at radius 1 is 1.58 bits per heavy atom. The maximum atomic E-state index is 13.2. The number of nitrogens with one attached hydrogen (secondary N) is 1. The molecule has 1 aliphatic rings. The highest BCUT2D eigenvalue weighted by Gasteiger charge is 2.28. The summed E-state index contributed by atoms with van der Waals surface area (Å²) in [6, 6.07) is 5.62. The molecule has 1 fully saturated rings. The van der Waals surface area contributed by atoms with Crippen LogP contribution in [0.1, 0.15) is 25.3 Å². The molecule has 0 heterocycles. The van der Waals surface area contributed by atoms with Crippen molar-refractivity contribution in [3.8, 4) is 0 Å². The molecular formula is C14H20FN3S. The molecule has 3 nitrogen and oxygen atoms in total. The van der Waals surface area contributed by atoms with Gasteiger partial charge in [0.15, 0.2) is 0 Å². The Balaban J connectivity index is 2.00. The number of anilines is 1. The summed E-state index contributed by atoms with van der Waals surface area (Å²) in [6.45, 7) is 2.96. The first kappa shape index (κ1) is 14.2. The van der Waals surface area contributed by atoms with Gasteiger partial charge in [-0.2, -0.15) is 0 Å². The molecule has 1 saturated carbocycles. The summed E-state index contributed by atoms with van der Waals surface area (Å²) in [5.41, 5.74) is 6.98. The fourth-order valence-corrected chi connectivity index (χ4v) is 2.29. The van der Waals surface area contributed by atoms with Crippen LogP contribution in [0.5, 0.6) is 0 Å². The highest BCUT2D eigenvalue weighted by atomic mass is 32.1. The monoisotopic (exact) mass is 281 g/mol. The average Bonchev–Trinajstić information content (AvgIpc) is 3.20. The van der Waals surface area contributed by atoms with Gasteiger partial charge in [0.05, 0.1) is 0 Å². The summed E-state index contributed by atoms with van der Waals surface area (Å²) in [5.74, 6) is -0.323. The summed E-state index contributed by atoms with van der Waals surface area (Å²) in [4.78, 5) is 2.59. The van der Waals surface area contributed by atoms with Gasteiger partial charge < -0.3 is 11.1 Å². The van der Waals surface area contributed by atoms with E-state index in [0.717, 1.165) is 18.3 Å². The van der Waals surface area contributed by atoms with Gasteiger partial charge in [0.2, 0.25) is 0 Å². The molecule has 0 radical (unpaired) electrons. The van der Waals surface area contributed by atoms with E-state index in [1.807, 2.05) is 0 Å². The van der Waals surface area contributed by atoms with Crippen LogP contribution in [0, 0.1) is 5.82 Å². The second kappa shape index (κ2) is 5.84. The SMILES string of the molecule is CC(CNc1ccc(F)cc1C(N)=S)N(C)C1CC1. The van der Waals surface area contributed by atoms with E-state index in [1.165, 1.54) is 25.0 Å². The fourth-order valence-electron chi connectivity index (χ4n) is 2.12. The minimum atomic E-state index is -0.323. The first-order valence-corrected chi connectivity index (χ1v) is 6.95. The number of rotatable bonds is 6. The van der Waals surface area contributed by atoms with Crippen LogP contribution in [0.2, 0.25) is 0 Å². The Morgan fingerprint density at radius 3 is 2.84 bits per heavy atom. The third-order valence-corrected chi connectivity index (χ3v) is 3.87. The van der Waals surface area contributed by atoms with E-state index < -0.39 is 0 Å². The van der Waals surface area contributed by atoms with Crippen LogP contribution in [0.4, 0.5) is 10.1 Å². The van der Waals surface area contributed by atoms with Crippen LogP contribution in [0.25, 0.3) is 0 Å². The van der Waals surface area contributed by atoms with Crippen LogP contribution >= 0.6 is 12.2 Å². The third kappa shape index (κ3) is 3.64. The maximum absolute atomic E-state index is 13.2. The van der Waals surface area contributed by atoms with E-state index in [1.54, 1.807) is 6.07 Å². The summed E-state index contributed by atoms with van der Waals surface area (Å²) >= 11 is 4.95. The molecule has 5 heteroatoms. The van der Waals surface area contributed by atoms with Gasteiger partial charge in [0, 0.05) is 29.9 Å². The number of nitrogens with zero attached hydrogens (tertiary/aromatic N) is 1. The summed E-state index contributed by atoms with van der Waals surface area (Å²) in [5, 5.41) is 3.31. The first-order valence-electron chi connectivity index (χ1n) is 6.54. The highest BCUT2D eigenvalue weighted by molar-refractivity contribution is 7.80. The van der Waals surface area contributed by atoms with E-state index in [4.69, 9.17) is 18.0 Å². The molecule has 104 valence electrons. The van der Waals surface area contributed by atoms with Crippen molar-refractivity contribution in [1.29, 1.82) is 0 Å². The van der Waals surface area contributed by atoms with Crippen molar-refractivity contribution in [3.63, 3.8) is 0 Å². The topological polar surface area (TPSA) is 41.3 Å². The second-order valence-corrected chi connectivity index (χ2v) is 5.62. The minimum Gasteiger partial charge on any atom is -0.389 e. The van der Waals surface area contributed by atoms with Gasteiger partial charge in [-0.1, -0.05) is 12.2 Å². The standard InChI is InChI=1S/C14H20FN3S/c1-9(18(2)11-4-5-11)8-17-13-6-3-10(15)7-12(13)14(16)19/h3,6-7,9,11,17H,4-5,8H2,1-2H3,(H2,16,19). The number of hydrogen-bond donors (Lipinski definition) is 2. The number of halogens is 1. The third-order valence-electron chi connectivity index (χ3n) is 3.65. The Bertz CT molecular complexity index is 474.